The average Bonchev–Trinajstić information content (AvgIpc) is 3.12. The van der Waals surface area contributed by atoms with Gasteiger partial charge in [0.05, 0.1) is 18.3 Å². The smallest absolute Gasteiger partial charge is 0.251 e. The Bertz CT molecular complexity index is 739. The lowest BCUT2D eigenvalue weighted by molar-refractivity contribution is 0.0949. The minimum atomic E-state index is -0.0171. The third-order valence-electron chi connectivity index (χ3n) is 5.30. The summed E-state index contributed by atoms with van der Waals surface area (Å²) in [5.74, 6) is 0.676. The number of aryl methyl sites for hydroxylation is 1. The fourth-order valence-electron chi connectivity index (χ4n) is 3.77. The maximum absolute atomic E-state index is 12.4. The van der Waals surface area contributed by atoms with E-state index in [2.05, 4.69) is 16.1 Å². The van der Waals surface area contributed by atoms with Crippen LogP contribution in [0.15, 0.2) is 30.3 Å². The Morgan fingerprint density at radius 2 is 1.96 bits per heavy atom. The van der Waals surface area contributed by atoms with Crippen LogP contribution >= 0.6 is 0 Å². The van der Waals surface area contributed by atoms with Gasteiger partial charge in [-0.25, -0.2) is 0 Å². The predicted octanol–water partition coefficient (Wildman–Crippen LogP) is 4.11. The van der Waals surface area contributed by atoms with Crippen molar-refractivity contribution in [3.63, 3.8) is 0 Å². The van der Waals surface area contributed by atoms with Gasteiger partial charge in [0.1, 0.15) is 0 Å². The zero-order chi connectivity index (χ0) is 16.5. The maximum atomic E-state index is 12.4. The molecular formula is C20H25N3O. The summed E-state index contributed by atoms with van der Waals surface area (Å²) < 4.78 is 2.28. The normalized spacial score (nSPS) is 18.0. The van der Waals surface area contributed by atoms with E-state index in [4.69, 9.17) is 5.10 Å². The fraction of sp³-hybridized carbons (Fsp3) is 0.500. The summed E-state index contributed by atoms with van der Waals surface area (Å²) in [4.78, 5) is 12.4. The summed E-state index contributed by atoms with van der Waals surface area (Å²) in [7, 11) is 0. The van der Waals surface area contributed by atoms with Gasteiger partial charge in [0, 0.05) is 17.2 Å². The van der Waals surface area contributed by atoms with E-state index in [9.17, 15) is 4.79 Å². The van der Waals surface area contributed by atoms with Crippen molar-refractivity contribution in [1.82, 2.24) is 15.1 Å². The molecule has 4 rings (SSSR count). The number of nitrogens with one attached hydrogen (secondary N) is 1. The van der Waals surface area contributed by atoms with E-state index >= 15 is 0 Å². The highest BCUT2D eigenvalue weighted by atomic mass is 16.1. The van der Waals surface area contributed by atoms with Gasteiger partial charge in [-0.05, 0) is 50.3 Å². The number of carbonyl (C=O) groups is 1. The topological polar surface area (TPSA) is 46.9 Å². The molecule has 0 radical (unpaired) electrons. The van der Waals surface area contributed by atoms with Gasteiger partial charge < -0.3 is 5.32 Å². The summed E-state index contributed by atoms with van der Waals surface area (Å²) in [5.41, 5.74) is 4.13. The van der Waals surface area contributed by atoms with Gasteiger partial charge >= 0.3 is 0 Å². The fourth-order valence-corrected chi connectivity index (χ4v) is 3.77. The Morgan fingerprint density at radius 3 is 2.67 bits per heavy atom. The Labute approximate surface area is 143 Å². The van der Waals surface area contributed by atoms with Crippen LogP contribution in [0.4, 0.5) is 0 Å². The first-order chi connectivity index (χ1) is 11.7. The van der Waals surface area contributed by atoms with Gasteiger partial charge in [-0.2, -0.15) is 5.10 Å². The van der Waals surface area contributed by atoms with Crippen molar-refractivity contribution in [2.24, 2.45) is 0 Å². The van der Waals surface area contributed by atoms with Crippen molar-refractivity contribution < 1.29 is 4.79 Å². The van der Waals surface area contributed by atoms with Crippen molar-refractivity contribution >= 4 is 5.91 Å². The number of hydrogen-bond acceptors (Lipinski definition) is 2. The number of aromatic nitrogens is 2. The molecule has 0 unspecified atom stereocenters. The molecule has 0 atom stereocenters. The number of hydrogen-bond donors (Lipinski definition) is 1. The van der Waals surface area contributed by atoms with Crippen molar-refractivity contribution in [2.45, 2.75) is 64.0 Å². The molecule has 2 saturated carbocycles. The summed E-state index contributed by atoms with van der Waals surface area (Å²) in [6.45, 7) is 2.47. The van der Waals surface area contributed by atoms with Gasteiger partial charge in [-0.1, -0.05) is 31.0 Å². The molecule has 2 aliphatic carbocycles. The molecule has 0 bridgehead atoms. The van der Waals surface area contributed by atoms with Crippen LogP contribution in [0.1, 0.15) is 77.8 Å². The van der Waals surface area contributed by atoms with Crippen molar-refractivity contribution in [3.8, 4) is 0 Å². The first kappa shape index (κ1) is 15.4. The Morgan fingerprint density at radius 1 is 1.21 bits per heavy atom. The molecule has 0 saturated heterocycles. The highest BCUT2D eigenvalue weighted by molar-refractivity contribution is 5.95. The minimum Gasteiger partial charge on any atom is -0.346 e. The third-order valence-corrected chi connectivity index (χ3v) is 5.30. The summed E-state index contributed by atoms with van der Waals surface area (Å²) in [6.07, 6.45) is 7.69. The number of rotatable bonds is 5. The summed E-state index contributed by atoms with van der Waals surface area (Å²) in [5, 5.41) is 7.88. The second kappa shape index (κ2) is 6.42. The Kier molecular flexibility index (Phi) is 4.13. The van der Waals surface area contributed by atoms with Crippen LogP contribution in [0.25, 0.3) is 0 Å². The highest BCUT2D eigenvalue weighted by Crippen LogP contribution is 2.43. The molecule has 0 spiro atoms. The van der Waals surface area contributed by atoms with Crippen LogP contribution in [-0.4, -0.2) is 15.7 Å². The lowest BCUT2D eigenvalue weighted by Crippen LogP contribution is -2.24. The van der Waals surface area contributed by atoms with Gasteiger partial charge in [0.2, 0.25) is 0 Å². The van der Waals surface area contributed by atoms with Crippen molar-refractivity contribution in [2.75, 3.05) is 0 Å². The Balaban J connectivity index is 1.47. The molecule has 1 amide bonds. The molecule has 2 aliphatic rings. The predicted molar refractivity (Wildman–Crippen MR) is 94.1 cm³/mol. The maximum Gasteiger partial charge on any atom is 0.251 e. The van der Waals surface area contributed by atoms with Crippen LogP contribution < -0.4 is 5.32 Å². The zero-order valence-electron chi connectivity index (χ0n) is 14.3. The molecule has 24 heavy (non-hydrogen) atoms. The van der Waals surface area contributed by atoms with Crippen LogP contribution in [0.3, 0.4) is 0 Å². The largest absolute Gasteiger partial charge is 0.346 e. The summed E-state index contributed by atoms with van der Waals surface area (Å²) in [6, 6.07) is 10.5. The molecular weight excluding hydrogens is 298 g/mol. The molecule has 1 heterocycles. The van der Waals surface area contributed by atoms with Crippen LogP contribution in [0.5, 0.6) is 0 Å². The van der Waals surface area contributed by atoms with Crippen LogP contribution in [0.2, 0.25) is 0 Å². The SMILES string of the molecule is Cc1ccccc1C(=O)NCc1cc(C2CC2)n(C2CCCC2)n1. The molecule has 1 N–H and O–H groups in total. The zero-order valence-corrected chi connectivity index (χ0v) is 14.3. The molecule has 2 aromatic rings. The molecule has 0 aliphatic heterocycles. The van der Waals surface area contributed by atoms with Gasteiger partial charge in [-0.15, -0.1) is 0 Å². The second-order valence-electron chi connectivity index (χ2n) is 7.22. The lowest BCUT2D eigenvalue weighted by atomic mass is 10.1. The van der Waals surface area contributed by atoms with E-state index in [1.807, 2.05) is 31.2 Å². The monoisotopic (exact) mass is 323 g/mol. The molecule has 4 nitrogen and oxygen atoms in total. The first-order valence-electron chi connectivity index (χ1n) is 9.14. The molecule has 126 valence electrons. The summed E-state index contributed by atoms with van der Waals surface area (Å²) >= 11 is 0. The molecule has 1 aromatic heterocycles. The quantitative estimate of drug-likeness (QED) is 0.900. The van der Waals surface area contributed by atoms with Crippen LogP contribution in [-0.2, 0) is 6.54 Å². The minimum absolute atomic E-state index is 0.0171. The number of nitrogens with zero attached hydrogens (tertiary/aromatic N) is 2. The van der Waals surface area contributed by atoms with E-state index in [1.54, 1.807) is 0 Å². The third kappa shape index (κ3) is 3.10. The standard InChI is InChI=1S/C20H25N3O/c1-14-6-2-5-9-18(14)20(24)21-13-16-12-19(15-10-11-15)23(22-16)17-7-3-4-8-17/h2,5-6,9,12,15,17H,3-4,7-8,10-11,13H2,1H3,(H,21,24). The van der Waals surface area contributed by atoms with E-state index in [0.717, 1.165) is 16.8 Å². The van der Waals surface area contributed by atoms with E-state index in [-0.39, 0.29) is 5.91 Å². The number of benzene rings is 1. The van der Waals surface area contributed by atoms with E-state index in [0.29, 0.717) is 18.5 Å². The number of amides is 1. The Hall–Kier alpha value is -2.10. The van der Waals surface area contributed by atoms with Crippen LogP contribution in [0, 0.1) is 6.92 Å². The number of carbonyl (C=O) groups excluding carboxylic acids is 1. The van der Waals surface area contributed by atoms with E-state index in [1.165, 1.54) is 44.2 Å². The van der Waals surface area contributed by atoms with Gasteiger partial charge in [0.25, 0.3) is 5.91 Å². The highest BCUT2D eigenvalue weighted by Gasteiger charge is 2.31. The molecule has 1 aromatic carbocycles. The average molecular weight is 323 g/mol. The molecule has 4 heteroatoms. The van der Waals surface area contributed by atoms with Gasteiger partial charge in [-0.3, -0.25) is 9.48 Å². The second-order valence-corrected chi connectivity index (χ2v) is 7.22. The van der Waals surface area contributed by atoms with Crippen molar-refractivity contribution in [3.05, 3.63) is 52.8 Å². The molecule has 2 fully saturated rings. The van der Waals surface area contributed by atoms with Gasteiger partial charge in [0.15, 0.2) is 0 Å². The lowest BCUT2D eigenvalue weighted by Gasteiger charge is -2.13. The van der Waals surface area contributed by atoms with E-state index < -0.39 is 0 Å². The first-order valence-corrected chi connectivity index (χ1v) is 9.14. The van der Waals surface area contributed by atoms with Crippen molar-refractivity contribution in [1.29, 1.82) is 0 Å².